The van der Waals surface area contributed by atoms with Crippen molar-refractivity contribution in [3.8, 4) is 0 Å². The molecule has 162 valence electrons. The van der Waals surface area contributed by atoms with Crippen molar-refractivity contribution in [1.29, 1.82) is 0 Å². The molecule has 4 rings (SSSR count). The Balaban J connectivity index is 1.46. The predicted molar refractivity (Wildman–Crippen MR) is 114 cm³/mol. The van der Waals surface area contributed by atoms with Crippen molar-refractivity contribution in [2.24, 2.45) is 0 Å². The van der Waals surface area contributed by atoms with E-state index in [0.717, 1.165) is 11.8 Å². The molecule has 0 spiro atoms. The topological polar surface area (TPSA) is 95.1 Å². The van der Waals surface area contributed by atoms with E-state index in [0.29, 0.717) is 17.5 Å². The van der Waals surface area contributed by atoms with Crippen molar-refractivity contribution in [3.05, 3.63) is 70.8 Å². The normalized spacial score (nSPS) is 17.2. The van der Waals surface area contributed by atoms with Gasteiger partial charge in [0.15, 0.2) is 0 Å². The van der Waals surface area contributed by atoms with E-state index in [1.807, 2.05) is 30.3 Å². The van der Waals surface area contributed by atoms with Gasteiger partial charge < -0.3 is 4.90 Å². The van der Waals surface area contributed by atoms with Crippen LogP contribution in [0.3, 0.4) is 0 Å². The second-order valence-corrected chi connectivity index (χ2v) is 9.69. The van der Waals surface area contributed by atoms with E-state index in [-0.39, 0.29) is 50.1 Å². The number of hydrogen-bond donors (Lipinski definition) is 0. The highest BCUT2D eigenvalue weighted by Crippen LogP contribution is 2.25. The van der Waals surface area contributed by atoms with Crippen molar-refractivity contribution in [3.63, 3.8) is 0 Å². The van der Waals surface area contributed by atoms with E-state index >= 15 is 0 Å². The molecule has 8 nitrogen and oxygen atoms in total. The average molecular weight is 442 g/mol. The molecule has 1 saturated heterocycles. The van der Waals surface area contributed by atoms with Crippen LogP contribution in [0.2, 0.25) is 0 Å². The Morgan fingerprint density at radius 1 is 0.903 bits per heavy atom. The molecule has 0 atom stereocenters. The van der Waals surface area contributed by atoms with Gasteiger partial charge in [-0.25, -0.2) is 8.42 Å². The number of hydrogen-bond acceptors (Lipinski definition) is 5. The van der Waals surface area contributed by atoms with Crippen LogP contribution in [-0.4, -0.2) is 79.2 Å². The molecule has 2 aliphatic rings. The SMILES string of the molecule is CS(=O)(=O)N1CCN(C(=O)c2ccc3c(c2)C(=O)N(CCc2ccccc2)C3=O)CC1. The summed E-state index contributed by atoms with van der Waals surface area (Å²) in [5.41, 5.74) is 1.89. The number of rotatable bonds is 5. The van der Waals surface area contributed by atoms with Gasteiger partial charge in [0, 0.05) is 38.3 Å². The Bertz CT molecular complexity index is 1140. The van der Waals surface area contributed by atoms with Crippen LogP contribution in [0.15, 0.2) is 48.5 Å². The molecule has 0 radical (unpaired) electrons. The fourth-order valence-electron chi connectivity index (χ4n) is 3.92. The van der Waals surface area contributed by atoms with Gasteiger partial charge in [0.2, 0.25) is 10.0 Å². The predicted octanol–water partition coefficient (Wildman–Crippen LogP) is 1.24. The van der Waals surface area contributed by atoms with Gasteiger partial charge in [-0.05, 0) is 30.2 Å². The first-order valence-corrected chi connectivity index (χ1v) is 11.9. The van der Waals surface area contributed by atoms with Crippen molar-refractivity contribution in [1.82, 2.24) is 14.1 Å². The van der Waals surface area contributed by atoms with Crippen LogP contribution in [0, 0.1) is 0 Å². The maximum atomic E-state index is 12.9. The van der Waals surface area contributed by atoms with Gasteiger partial charge in [-0.3, -0.25) is 19.3 Å². The van der Waals surface area contributed by atoms with Gasteiger partial charge in [0.1, 0.15) is 0 Å². The fraction of sp³-hybridized carbons (Fsp3) is 0.318. The number of benzene rings is 2. The van der Waals surface area contributed by atoms with E-state index < -0.39 is 15.9 Å². The van der Waals surface area contributed by atoms with Crippen molar-refractivity contribution >= 4 is 27.7 Å². The van der Waals surface area contributed by atoms with Gasteiger partial charge in [0.05, 0.1) is 17.4 Å². The van der Waals surface area contributed by atoms with Gasteiger partial charge in [-0.15, -0.1) is 0 Å². The lowest BCUT2D eigenvalue weighted by Crippen LogP contribution is -2.50. The summed E-state index contributed by atoms with van der Waals surface area (Å²) < 4.78 is 24.6. The van der Waals surface area contributed by atoms with Crippen molar-refractivity contribution in [2.75, 3.05) is 39.0 Å². The zero-order valence-electron chi connectivity index (χ0n) is 17.2. The lowest BCUT2D eigenvalue weighted by molar-refractivity contribution is 0.0655. The van der Waals surface area contributed by atoms with Crippen LogP contribution in [0.25, 0.3) is 0 Å². The maximum absolute atomic E-state index is 12.9. The van der Waals surface area contributed by atoms with Gasteiger partial charge in [-0.1, -0.05) is 30.3 Å². The Morgan fingerprint density at radius 3 is 2.19 bits per heavy atom. The molecule has 3 amide bonds. The molecule has 9 heteroatoms. The van der Waals surface area contributed by atoms with Crippen LogP contribution >= 0.6 is 0 Å². The number of carbonyl (C=O) groups is 3. The first-order chi connectivity index (χ1) is 14.8. The van der Waals surface area contributed by atoms with Crippen LogP contribution in [0.5, 0.6) is 0 Å². The van der Waals surface area contributed by atoms with Crippen molar-refractivity contribution < 1.29 is 22.8 Å². The third kappa shape index (κ3) is 4.24. The quantitative estimate of drug-likeness (QED) is 0.651. The molecule has 2 heterocycles. The average Bonchev–Trinajstić information content (AvgIpc) is 3.01. The summed E-state index contributed by atoms with van der Waals surface area (Å²) in [6.45, 7) is 1.30. The molecule has 2 aliphatic heterocycles. The van der Waals surface area contributed by atoms with Crippen LogP contribution < -0.4 is 0 Å². The van der Waals surface area contributed by atoms with E-state index in [1.54, 1.807) is 11.0 Å². The Hall–Kier alpha value is -3.04. The molecule has 0 N–H and O–H groups in total. The lowest BCUT2D eigenvalue weighted by atomic mass is 10.0. The monoisotopic (exact) mass is 441 g/mol. The van der Waals surface area contributed by atoms with Gasteiger partial charge in [-0.2, -0.15) is 4.31 Å². The number of sulfonamides is 1. The minimum Gasteiger partial charge on any atom is -0.336 e. The molecule has 2 aromatic carbocycles. The van der Waals surface area contributed by atoms with E-state index in [4.69, 9.17) is 0 Å². The molecule has 0 unspecified atom stereocenters. The summed E-state index contributed by atoms with van der Waals surface area (Å²) >= 11 is 0. The molecule has 0 bridgehead atoms. The van der Waals surface area contributed by atoms with E-state index in [1.165, 1.54) is 21.3 Å². The Labute approximate surface area is 181 Å². The molecule has 31 heavy (non-hydrogen) atoms. The molecule has 0 saturated carbocycles. The summed E-state index contributed by atoms with van der Waals surface area (Å²) in [5.74, 6) is -1.02. The van der Waals surface area contributed by atoms with E-state index in [2.05, 4.69) is 0 Å². The first kappa shape index (κ1) is 21.2. The van der Waals surface area contributed by atoms with Gasteiger partial charge in [0.25, 0.3) is 17.7 Å². The molecular weight excluding hydrogens is 418 g/mol. The number of piperazine rings is 1. The molecule has 1 fully saturated rings. The second-order valence-electron chi connectivity index (χ2n) is 7.71. The molecule has 0 aromatic heterocycles. The van der Waals surface area contributed by atoms with Crippen LogP contribution in [-0.2, 0) is 16.4 Å². The summed E-state index contributed by atoms with van der Waals surface area (Å²) in [6, 6.07) is 14.2. The van der Waals surface area contributed by atoms with Crippen molar-refractivity contribution in [2.45, 2.75) is 6.42 Å². The highest BCUT2D eigenvalue weighted by Gasteiger charge is 2.36. The first-order valence-electron chi connectivity index (χ1n) is 10.0. The van der Waals surface area contributed by atoms with Crippen LogP contribution in [0.4, 0.5) is 0 Å². The fourth-order valence-corrected chi connectivity index (χ4v) is 4.74. The van der Waals surface area contributed by atoms with E-state index in [9.17, 15) is 22.8 Å². The second kappa shape index (κ2) is 8.24. The number of carbonyl (C=O) groups excluding carboxylic acids is 3. The number of fused-ring (bicyclic) bond motifs is 1. The third-order valence-electron chi connectivity index (χ3n) is 5.68. The smallest absolute Gasteiger partial charge is 0.261 e. The minimum absolute atomic E-state index is 0.235. The molecular formula is C22H23N3O5S. The highest BCUT2D eigenvalue weighted by atomic mass is 32.2. The number of imide groups is 1. The summed E-state index contributed by atoms with van der Waals surface area (Å²) in [6.07, 6.45) is 1.71. The minimum atomic E-state index is -3.29. The number of nitrogens with zero attached hydrogens (tertiary/aromatic N) is 3. The zero-order chi connectivity index (χ0) is 22.2. The molecule has 0 aliphatic carbocycles. The lowest BCUT2D eigenvalue weighted by Gasteiger charge is -2.33. The standard InChI is InChI=1S/C22H23N3O5S/c1-31(29,30)24-13-11-23(12-14-24)20(26)17-7-8-18-19(15-17)22(28)25(21(18)27)10-9-16-5-3-2-4-6-16/h2-8,15H,9-14H2,1H3. The van der Waals surface area contributed by atoms with Crippen LogP contribution in [0.1, 0.15) is 36.6 Å². The summed E-state index contributed by atoms with van der Waals surface area (Å²) in [4.78, 5) is 41.2. The number of amides is 3. The largest absolute Gasteiger partial charge is 0.336 e. The summed E-state index contributed by atoms with van der Waals surface area (Å²) in [5, 5.41) is 0. The third-order valence-corrected chi connectivity index (χ3v) is 6.98. The Morgan fingerprint density at radius 2 is 1.55 bits per heavy atom. The highest BCUT2D eigenvalue weighted by molar-refractivity contribution is 7.88. The van der Waals surface area contributed by atoms with Gasteiger partial charge >= 0.3 is 0 Å². The summed E-state index contributed by atoms with van der Waals surface area (Å²) in [7, 11) is -3.29. The Kier molecular flexibility index (Phi) is 5.63. The maximum Gasteiger partial charge on any atom is 0.261 e. The zero-order valence-corrected chi connectivity index (χ0v) is 18.0. The molecule has 2 aromatic rings.